The number of sulfone groups is 1. The van der Waals surface area contributed by atoms with E-state index < -0.39 is 9.84 Å². The van der Waals surface area contributed by atoms with Crippen molar-refractivity contribution in [2.24, 2.45) is 0 Å². The van der Waals surface area contributed by atoms with Gasteiger partial charge >= 0.3 is 0 Å². The van der Waals surface area contributed by atoms with Crippen LogP contribution in [0.25, 0.3) is 0 Å². The molecule has 0 aliphatic rings. The molecule has 1 heterocycles. The SMILES string of the molecule is COCc1cnc(S(C)(=O)=O)nc1Cl. The first-order valence-electron chi connectivity index (χ1n) is 3.65. The number of methoxy groups -OCH3 is 1. The second-order valence-electron chi connectivity index (χ2n) is 2.67. The third-order valence-electron chi connectivity index (χ3n) is 1.42. The van der Waals surface area contributed by atoms with Gasteiger partial charge in [0.25, 0.3) is 0 Å². The molecule has 0 atom stereocenters. The number of halogens is 1. The number of ether oxygens (including phenoxy) is 1. The topological polar surface area (TPSA) is 69.2 Å². The van der Waals surface area contributed by atoms with Gasteiger partial charge in [0.1, 0.15) is 5.15 Å². The molecule has 0 unspecified atom stereocenters. The van der Waals surface area contributed by atoms with E-state index in [2.05, 4.69) is 9.97 Å². The molecular formula is C7H9ClN2O3S. The second kappa shape index (κ2) is 4.20. The normalized spacial score (nSPS) is 11.6. The highest BCUT2D eigenvalue weighted by Crippen LogP contribution is 2.14. The summed E-state index contributed by atoms with van der Waals surface area (Å²) in [5.74, 6) is 0. The van der Waals surface area contributed by atoms with Gasteiger partial charge in [0.05, 0.1) is 6.61 Å². The number of aromatic nitrogens is 2. The Hall–Kier alpha value is -0.720. The van der Waals surface area contributed by atoms with E-state index in [4.69, 9.17) is 16.3 Å². The molecule has 0 radical (unpaired) electrons. The minimum atomic E-state index is -3.40. The summed E-state index contributed by atoms with van der Waals surface area (Å²) in [6.45, 7) is 0.253. The lowest BCUT2D eigenvalue weighted by atomic mass is 10.4. The first-order valence-corrected chi connectivity index (χ1v) is 5.92. The monoisotopic (exact) mass is 236 g/mol. The van der Waals surface area contributed by atoms with Gasteiger partial charge in [-0.3, -0.25) is 0 Å². The van der Waals surface area contributed by atoms with Gasteiger partial charge in [-0.2, -0.15) is 0 Å². The van der Waals surface area contributed by atoms with Crippen molar-refractivity contribution in [3.05, 3.63) is 16.9 Å². The summed E-state index contributed by atoms with van der Waals surface area (Å²) < 4.78 is 26.9. The lowest BCUT2D eigenvalue weighted by Crippen LogP contribution is -2.05. The maximum atomic E-state index is 11.0. The van der Waals surface area contributed by atoms with E-state index in [1.165, 1.54) is 13.3 Å². The van der Waals surface area contributed by atoms with Crippen LogP contribution >= 0.6 is 11.6 Å². The molecule has 78 valence electrons. The molecule has 0 saturated heterocycles. The fraction of sp³-hybridized carbons (Fsp3) is 0.429. The molecule has 0 aliphatic heterocycles. The van der Waals surface area contributed by atoms with E-state index in [0.29, 0.717) is 5.56 Å². The smallest absolute Gasteiger partial charge is 0.248 e. The Morgan fingerprint density at radius 3 is 2.64 bits per heavy atom. The lowest BCUT2D eigenvalue weighted by molar-refractivity contribution is 0.184. The second-order valence-corrected chi connectivity index (χ2v) is 4.94. The molecule has 0 fully saturated rings. The van der Waals surface area contributed by atoms with Crippen LogP contribution in [0.1, 0.15) is 5.56 Å². The molecule has 0 amide bonds. The van der Waals surface area contributed by atoms with Gasteiger partial charge in [-0.15, -0.1) is 0 Å². The van der Waals surface area contributed by atoms with Crippen molar-refractivity contribution < 1.29 is 13.2 Å². The van der Waals surface area contributed by atoms with Crippen molar-refractivity contribution >= 4 is 21.4 Å². The summed E-state index contributed by atoms with van der Waals surface area (Å²) in [6.07, 6.45) is 2.36. The molecule has 7 heteroatoms. The fourth-order valence-electron chi connectivity index (χ4n) is 0.802. The van der Waals surface area contributed by atoms with Gasteiger partial charge in [0, 0.05) is 25.1 Å². The highest BCUT2D eigenvalue weighted by molar-refractivity contribution is 7.90. The van der Waals surface area contributed by atoms with Crippen LogP contribution in [0.2, 0.25) is 5.15 Å². The average molecular weight is 237 g/mol. The van der Waals surface area contributed by atoms with Gasteiger partial charge in [-0.05, 0) is 0 Å². The van der Waals surface area contributed by atoms with Crippen LogP contribution in [0, 0.1) is 0 Å². The maximum Gasteiger partial charge on any atom is 0.248 e. The van der Waals surface area contributed by atoms with Gasteiger partial charge < -0.3 is 4.74 Å². The van der Waals surface area contributed by atoms with Crippen molar-refractivity contribution in [1.29, 1.82) is 0 Å². The molecule has 1 rings (SSSR count). The summed E-state index contributed by atoms with van der Waals surface area (Å²) in [6, 6.07) is 0. The van der Waals surface area contributed by atoms with Crippen molar-refractivity contribution in [2.45, 2.75) is 11.8 Å². The van der Waals surface area contributed by atoms with Gasteiger partial charge in [0.15, 0.2) is 0 Å². The Balaban J connectivity index is 3.13. The van der Waals surface area contributed by atoms with Crippen LogP contribution in [0.3, 0.4) is 0 Å². The zero-order chi connectivity index (χ0) is 10.8. The van der Waals surface area contributed by atoms with Crippen molar-refractivity contribution in [2.75, 3.05) is 13.4 Å². The molecule has 0 bridgehead atoms. The summed E-state index contributed by atoms with van der Waals surface area (Å²) in [5.41, 5.74) is 0.557. The van der Waals surface area contributed by atoms with E-state index in [0.717, 1.165) is 6.26 Å². The Morgan fingerprint density at radius 1 is 1.57 bits per heavy atom. The third-order valence-corrected chi connectivity index (χ3v) is 2.61. The Bertz CT molecular complexity index is 433. The number of hydrogen-bond donors (Lipinski definition) is 0. The fourth-order valence-corrected chi connectivity index (χ4v) is 1.54. The van der Waals surface area contributed by atoms with E-state index in [1.54, 1.807) is 0 Å². The molecule has 1 aromatic heterocycles. The number of nitrogens with zero attached hydrogens (tertiary/aromatic N) is 2. The van der Waals surface area contributed by atoms with E-state index >= 15 is 0 Å². The molecular weight excluding hydrogens is 228 g/mol. The zero-order valence-electron chi connectivity index (χ0n) is 7.69. The summed E-state index contributed by atoms with van der Waals surface area (Å²) >= 11 is 5.72. The highest BCUT2D eigenvalue weighted by Gasteiger charge is 2.13. The van der Waals surface area contributed by atoms with Crippen LogP contribution in [0.4, 0.5) is 0 Å². The predicted octanol–water partition coefficient (Wildman–Crippen LogP) is 0.680. The van der Waals surface area contributed by atoms with Crippen molar-refractivity contribution in [3.63, 3.8) is 0 Å². The molecule has 14 heavy (non-hydrogen) atoms. The minimum Gasteiger partial charge on any atom is -0.380 e. The first-order chi connectivity index (χ1) is 6.45. The molecule has 1 aromatic rings. The molecule has 0 aromatic carbocycles. The maximum absolute atomic E-state index is 11.0. The standard InChI is InChI=1S/C7H9ClN2O3S/c1-13-4-5-3-9-7(10-6(5)8)14(2,11)12/h3H,4H2,1-2H3. The predicted molar refractivity (Wildman–Crippen MR) is 50.9 cm³/mol. The summed E-state index contributed by atoms with van der Waals surface area (Å²) in [4.78, 5) is 7.32. The summed E-state index contributed by atoms with van der Waals surface area (Å²) in [5, 5.41) is -0.176. The summed E-state index contributed by atoms with van der Waals surface area (Å²) in [7, 11) is -1.90. The third kappa shape index (κ3) is 2.63. The lowest BCUT2D eigenvalue weighted by Gasteiger charge is -2.02. The zero-order valence-corrected chi connectivity index (χ0v) is 9.26. The van der Waals surface area contributed by atoms with Gasteiger partial charge in [-0.1, -0.05) is 11.6 Å². The molecule has 5 nitrogen and oxygen atoms in total. The van der Waals surface area contributed by atoms with Crippen LogP contribution in [-0.4, -0.2) is 31.8 Å². The van der Waals surface area contributed by atoms with Crippen molar-refractivity contribution in [3.8, 4) is 0 Å². The molecule has 0 N–H and O–H groups in total. The quantitative estimate of drug-likeness (QED) is 0.570. The Labute approximate surface area is 87.0 Å². The molecule has 0 spiro atoms. The van der Waals surface area contributed by atoms with E-state index in [9.17, 15) is 8.42 Å². The van der Waals surface area contributed by atoms with Gasteiger partial charge in [0.2, 0.25) is 15.0 Å². The van der Waals surface area contributed by atoms with Crippen LogP contribution in [-0.2, 0) is 21.2 Å². The van der Waals surface area contributed by atoms with Crippen LogP contribution in [0.5, 0.6) is 0 Å². The largest absolute Gasteiger partial charge is 0.380 e. The number of hydrogen-bond acceptors (Lipinski definition) is 5. The van der Waals surface area contributed by atoms with Gasteiger partial charge in [-0.25, -0.2) is 18.4 Å². The Kier molecular flexibility index (Phi) is 3.41. The van der Waals surface area contributed by atoms with Crippen LogP contribution < -0.4 is 0 Å². The molecule has 0 saturated carbocycles. The highest BCUT2D eigenvalue weighted by atomic mass is 35.5. The molecule has 0 aliphatic carbocycles. The van der Waals surface area contributed by atoms with Crippen LogP contribution in [0.15, 0.2) is 11.4 Å². The van der Waals surface area contributed by atoms with E-state index in [1.807, 2.05) is 0 Å². The minimum absolute atomic E-state index is 0.0993. The first kappa shape index (κ1) is 11.4. The van der Waals surface area contributed by atoms with E-state index in [-0.39, 0.29) is 16.9 Å². The number of rotatable bonds is 3. The van der Waals surface area contributed by atoms with Crippen molar-refractivity contribution in [1.82, 2.24) is 9.97 Å². The Morgan fingerprint density at radius 2 is 2.21 bits per heavy atom. The average Bonchev–Trinajstić information content (AvgIpc) is 2.07.